The number of fused-ring (bicyclic) bond motifs is 1. The zero-order valence-corrected chi connectivity index (χ0v) is 12.4. The highest BCUT2D eigenvalue weighted by molar-refractivity contribution is 5.97. The Bertz CT molecular complexity index is 590. The van der Waals surface area contributed by atoms with Gasteiger partial charge in [0, 0.05) is 23.8 Å². The molecule has 108 valence electrons. The maximum Gasteiger partial charge on any atom is 0.0951 e. The van der Waals surface area contributed by atoms with E-state index in [4.69, 9.17) is 5.73 Å². The Balaban J connectivity index is 2.13. The number of hydrogen-bond acceptors (Lipinski definition) is 4. The average Bonchev–Trinajstić information content (AvgIpc) is 2.35. The lowest BCUT2D eigenvalue weighted by molar-refractivity contribution is 0.132. The molecule has 0 aliphatic rings. The van der Waals surface area contributed by atoms with E-state index in [1.807, 2.05) is 24.3 Å². The number of benzene rings is 1. The van der Waals surface area contributed by atoms with E-state index in [1.54, 1.807) is 6.20 Å². The number of rotatable bonds is 4. The number of nitrogens with two attached hydrogens (primary N) is 1. The Labute approximate surface area is 120 Å². The molecular weight excluding hydrogens is 250 g/mol. The van der Waals surface area contributed by atoms with E-state index in [-0.39, 0.29) is 11.5 Å². The van der Waals surface area contributed by atoms with Gasteiger partial charge < -0.3 is 16.2 Å². The Morgan fingerprint density at radius 2 is 2.05 bits per heavy atom. The molecule has 2 rings (SSSR count). The quantitative estimate of drug-likeness (QED) is 0.749. The molecular formula is C16H23N3O. The summed E-state index contributed by atoms with van der Waals surface area (Å²) >= 11 is 0. The van der Waals surface area contributed by atoms with Gasteiger partial charge in [0.15, 0.2) is 0 Å². The lowest BCUT2D eigenvalue weighted by Crippen LogP contribution is -2.25. The molecule has 0 aliphatic heterocycles. The van der Waals surface area contributed by atoms with Crippen LogP contribution in [0.4, 0.5) is 11.4 Å². The van der Waals surface area contributed by atoms with Crippen molar-refractivity contribution in [3.05, 3.63) is 30.5 Å². The van der Waals surface area contributed by atoms with Crippen LogP contribution in [-0.2, 0) is 0 Å². The van der Waals surface area contributed by atoms with Crippen LogP contribution in [-0.4, -0.2) is 22.7 Å². The summed E-state index contributed by atoms with van der Waals surface area (Å²) in [4.78, 5) is 4.30. The summed E-state index contributed by atoms with van der Waals surface area (Å²) in [5.41, 5.74) is 8.46. The SMILES string of the molecule is CC(C)(C)CC(O)CNc1ccnc2c(N)cccc12. The van der Waals surface area contributed by atoms with Gasteiger partial charge in [0.25, 0.3) is 0 Å². The summed E-state index contributed by atoms with van der Waals surface area (Å²) in [6, 6.07) is 7.65. The van der Waals surface area contributed by atoms with Crippen LogP contribution in [0.1, 0.15) is 27.2 Å². The number of aliphatic hydroxyl groups is 1. The molecule has 1 unspecified atom stereocenters. The predicted molar refractivity (Wildman–Crippen MR) is 84.7 cm³/mol. The van der Waals surface area contributed by atoms with Gasteiger partial charge >= 0.3 is 0 Å². The minimum atomic E-state index is -0.376. The molecule has 0 aliphatic carbocycles. The van der Waals surface area contributed by atoms with Gasteiger partial charge in [-0.05, 0) is 24.0 Å². The second-order valence-corrected chi connectivity index (χ2v) is 6.40. The fourth-order valence-corrected chi connectivity index (χ4v) is 2.36. The first-order valence-electron chi connectivity index (χ1n) is 6.92. The minimum absolute atomic E-state index is 0.117. The average molecular weight is 273 g/mol. The molecule has 1 atom stereocenters. The third-order valence-corrected chi connectivity index (χ3v) is 3.18. The lowest BCUT2D eigenvalue weighted by atomic mass is 9.89. The van der Waals surface area contributed by atoms with Crippen molar-refractivity contribution in [1.82, 2.24) is 4.98 Å². The van der Waals surface area contributed by atoms with Gasteiger partial charge in [0.1, 0.15) is 0 Å². The summed E-state index contributed by atoms with van der Waals surface area (Å²) < 4.78 is 0. The molecule has 2 aromatic rings. The number of para-hydroxylation sites is 1. The van der Waals surface area contributed by atoms with Gasteiger partial charge in [-0.3, -0.25) is 4.98 Å². The van der Waals surface area contributed by atoms with E-state index in [0.717, 1.165) is 23.0 Å². The maximum absolute atomic E-state index is 10.1. The van der Waals surface area contributed by atoms with Crippen LogP contribution >= 0.6 is 0 Å². The highest BCUT2D eigenvalue weighted by Gasteiger charge is 2.16. The molecule has 0 amide bonds. The maximum atomic E-state index is 10.1. The first-order chi connectivity index (χ1) is 9.37. The molecule has 20 heavy (non-hydrogen) atoms. The van der Waals surface area contributed by atoms with Crippen molar-refractivity contribution in [2.75, 3.05) is 17.6 Å². The topological polar surface area (TPSA) is 71.2 Å². The molecule has 0 saturated carbocycles. The van der Waals surface area contributed by atoms with Crippen molar-refractivity contribution < 1.29 is 5.11 Å². The molecule has 4 nitrogen and oxygen atoms in total. The Kier molecular flexibility index (Phi) is 4.14. The zero-order valence-electron chi connectivity index (χ0n) is 12.4. The highest BCUT2D eigenvalue weighted by Crippen LogP contribution is 2.26. The Morgan fingerprint density at radius 1 is 1.30 bits per heavy atom. The highest BCUT2D eigenvalue weighted by atomic mass is 16.3. The molecule has 4 heteroatoms. The monoisotopic (exact) mass is 273 g/mol. The fourth-order valence-electron chi connectivity index (χ4n) is 2.36. The number of anilines is 2. The van der Waals surface area contributed by atoms with Crippen molar-refractivity contribution >= 4 is 22.3 Å². The molecule has 0 spiro atoms. The van der Waals surface area contributed by atoms with Crippen molar-refractivity contribution in [2.24, 2.45) is 5.41 Å². The van der Waals surface area contributed by atoms with Crippen LogP contribution in [0.15, 0.2) is 30.5 Å². The number of aliphatic hydroxyl groups excluding tert-OH is 1. The standard InChI is InChI=1S/C16H23N3O/c1-16(2,3)9-11(20)10-19-14-7-8-18-15-12(14)5-4-6-13(15)17/h4-8,11,20H,9-10,17H2,1-3H3,(H,18,19). The van der Waals surface area contributed by atoms with Crippen LogP contribution in [0.3, 0.4) is 0 Å². The minimum Gasteiger partial charge on any atom is -0.397 e. The molecule has 1 aromatic carbocycles. The number of nitrogens with zero attached hydrogens (tertiary/aromatic N) is 1. The predicted octanol–water partition coefficient (Wildman–Crippen LogP) is 3.03. The van der Waals surface area contributed by atoms with Crippen molar-refractivity contribution in [3.8, 4) is 0 Å². The van der Waals surface area contributed by atoms with Crippen molar-refractivity contribution in [1.29, 1.82) is 0 Å². The second kappa shape index (κ2) is 5.67. The number of pyridine rings is 1. The van der Waals surface area contributed by atoms with Gasteiger partial charge in [0.05, 0.1) is 17.3 Å². The number of hydrogen-bond donors (Lipinski definition) is 3. The molecule has 1 aromatic heterocycles. The van der Waals surface area contributed by atoms with Gasteiger partial charge in [-0.25, -0.2) is 0 Å². The van der Waals surface area contributed by atoms with E-state index in [2.05, 4.69) is 31.1 Å². The summed E-state index contributed by atoms with van der Waals surface area (Å²) in [7, 11) is 0. The Morgan fingerprint density at radius 3 is 2.75 bits per heavy atom. The first kappa shape index (κ1) is 14.6. The molecule has 0 radical (unpaired) electrons. The number of nitrogens with one attached hydrogen (secondary N) is 1. The first-order valence-corrected chi connectivity index (χ1v) is 6.92. The van der Waals surface area contributed by atoms with Crippen LogP contribution in [0.5, 0.6) is 0 Å². The van der Waals surface area contributed by atoms with E-state index >= 15 is 0 Å². The summed E-state index contributed by atoms with van der Waals surface area (Å²) in [6.07, 6.45) is 2.11. The van der Waals surface area contributed by atoms with Gasteiger partial charge in [-0.15, -0.1) is 0 Å². The van der Waals surface area contributed by atoms with Gasteiger partial charge in [0.2, 0.25) is 0 Å². The lowest BCUT2D eigenvalue weighted by Gasteiger charge is -2.23. The largest absolute Gasteiger partial charge is 0.397 e. The van der Waals surface area contributed by atoms with Gasteiger partial charge in [-0.1, -0.05) is 32.9 Å². The van der Waals surface area contributed by atoms with Crippen molar-refractivity contribution in [2.45, 2.75) is 33.3 Å². The summed E-state index contributed by atoms with van der Waals surface area (Å²) in [5, 5.41) is 14.3. The van der Waals surface area contributed by atoms with E-state index in [0.29, 0.717) is 12.2 Å². The third-order valence-electron chi connectivity index (χ3n) is 3.18. The molecule has 0 saturated heterocycles. The molecule has 0 bridgehead atoms. The van der Waals surface area contributed by atoms with E-state index in [9.17, 15) is 5.11 Å². The number of aromatic nitrogens is 1. The normalized spacial score (nSPS) is 13.4. The van der Waals surface area contributed by atoms with E-state index in [1.165, 1.54) is 0 Å². The smallest absolute Gasteiger partial charge is 0.0951 e. The van der Waals surface area contributed by atoms with Crippen LogP contribution in [0.2, 0.25) is 0 Å². The third kappa shape index (κ3) is 3.61. The van der Waals surface area contributed by atoms with Crippen LogP contribution < -0.4 is 11.1 Å². The Hall–Kier alpha value is -1.81. The second-order valence-electron chi connectivity index (χ2n) is 6.40. The zero-order chi connectivity index (χ0) is 14.8. The van der Waals surface area contributed by atoms with Gasteiger partial charge in [-0.2, -0.15) is 0 Å². The summed E-state index contributed by atoms with van der Waals surface area (Å²) in [6.45, 7) is 6.89. The van der Waals surface area contributed by atoms with Crippen LogP contribution in [0.25, 0.3) is 10.9 Å². The fraction of sp³-hybridized carbons (Fsp3) is 0.438. The molecule has 0 fully saturated rings. The molecule has 1 heterocycles. The van der Waals surface area contributed by atoms with Crippen LogP contribution in [0, 0.1) is 5.41 Å². The van der Waals surface area contributed by atoms with E-state index < -0.39 is 0 Å². The molecule has 4 N–H and O–H groups in total. The summed E-state index contributed by atoms with van der Waals surface area (Å²) in [5.74, 6) is 0. The number of nitrogen functional groups attached to an aromatic ring is 1. The van der Waals surface area contributed by atoms with Crippen molar-refractivity contribution in [3.63, 3.8) is 0 Å².